The molecule has 2 bridgehead atoms. The number of nitrogens with zero attached hydrogens (tertiary/aromatic N) is 1. The van der Waals surface area contributed by atoms with E-state index in [2.05, 4.69) is 26.0 Å². The zero-order chi connectivity index (χ0) is 44.1. The number of hydrogen-bond donors (Lipinski definition) is 2. The standard InChI is InChI=1S/C55H57NO7/c1-37-13-12-29-54(2)50(47-27-21-38(31-43(57)24-20-37)32-49(47)52(58)48-19-11-10-18-46(48)40-15-6-5-7-16-40)28-30-55(54,60)36-56(35-42-23-25-44(61-3)34-51(42)62-4)53(59)63-45-26-22-39-14-8-9-17-41(39)33-45/h5-11,13-19,21-23,25-27,32-34,43,50,57,60H,12,20,24,28-31,35-36H2,1-4H3. The Hall–Kier alpha value is -6.22. The second-order valence-corrected chi connectivity index (χ2v) is 17.6. The van der Waals surface area contributed by atoms with Crippen molar-refractivity contribution < 1.29 is 34.0 Å². The number of fused-ring (bicyclic) bond motifs is 9. The minimum Gasteiger partial charge on any atom is -0.497 e. The van der Waals surface area contributed by atoms with E-state index in [-0.39, 0.29) is 24.8 Å². The van der Waals surface area contributed by atoms with E-state index in [1.54, 1.807) is 31.3 Å². The Balaban J connectivity index is 1.21. The van der Waals surface area contributed by atoms with Gasteiger partial charge in [-0.25, -0.2) is 4.79 Å². The largest absolute Gasteiger partial charge is 0.497 e. The van der Waals surface area contributed by atoms with Crippen LogP contribution in [0.25, 0.3) is 21.9 Å². The molecule has 0 spiro atoms. The number of carbonyl (C=O) groups excluding carboxylic acids is 2. The number of hydrogen-bond acceptors (Lipinski definition) is 7. The van der Waals surface area contributed by atoms with Crippen molar-refractivity contribution in [3.63, 3.8) is 0 Å². The molecular formula is C55H57NO7. The fourth-order valence-electron chi connectivity index (χ4n) is 9.98. The maximum Gasteiger partial charge on any atom is 0.415 e. The molecule has 1 saturated carbocycles. The van der Waals surface area contributed by atoms with Crippen LogP contribution >= 0.6 is 0 Å². The zero-order valence-corrected chi connectivity index (χ0v) is 36.7. The Kier molecular flexibility index (Phi) is 12.8. The van der Waals surface area contributed by atoms with Crippen LogP contribution in [0.4, 0.5) is 4.79 Å². The molecule has 324 valence electrons. The molecule has 6 aromatic rings. The molecule has 8 nitrogen and oxygen atoms in total. The van der Waals surface area contributed by atoms with Gasteiger partial charge in [0.1, 0.15) is 17.2 Å². The number of methoxy groups -OCH3 is 2. The summed E-state index contributed by atoms with van der Waals surface area (Å²) < 4.78 is 17.4. The number of aliphatic hydroxyl groups is 2. The summed E-state index contributed by atoms with van der Waals surface area (Å²) in [5.74, 6) is 1.20. The maximum absolute atomic E-state index is 15.2. The van der Waals surface area contributed by atoms with Crippen LogP contribution < -0.4 is 14.2 Å². The van der Waals surface area contributed by atoms with Crippen molar-refractivity contribution in [1.82, 2.24) is 4.90 Å². The zero-order valence-electron chi connectivity index (χ0n) is 36.7. The molecule has 0 saturated heterocycles. The number of carbonyl (C=O) groups is 2. The minimum atomic E-state index is -1.41. The number of ketones is 1. The third kappa shape index (κ3) is 9.15. The summed E-state index contributed by atoms with van der Waals surface area (Å²) in [6.45, 7) is 4.29. The highest BCUT2D eigenvalue weighted by Gasteiger charge is 2.58. The van der Waals surface area contributed by atoms with Gasteiger partial charge in [-0.1, -0.05) is 116 Å². The van der Waals surface area contributed by atoms with E-state index in [0.29, 0.717) is 66.9 Å². The summed E-state index contributed by atoms with van der Waals surface area (Å²) in [6, 6.07) is 42.7. The SMILES string of the molecule is COc1ccc(CN(CC2(O)CCC3c4ccc(cc4C(=O)c4ccccc4-c4ccccc4)CC(O)CCC(C)=CCCC32C)C(=O)Oc2ccc3ccccc3c2)c(OC)c1. The lowest BCUT2D eigenvalue weighted by atomic mass is 9.64. The van der Waals surface area contributed by atoms with Crippen LogP contribution in [0.5, 0.6) is 17.2 Å². The molecular weight excluding hydrogens is 787 g/mol. The van der Waals surface area contributed by atoms with E-state index in [1.165, 1.54) is 5.57 Å². The smallest absolute Gasteiger partial charge is 0.415 e. The first-order valence-electron chi connectivity index (χ1n) is 22.0. The highest BCUT2D eigenvalue weighted by atomic mass is 16.6. The highest BCUT2D eigenvalue weighted by molar-refractivity contribution is 6.14. The molecule has 4 atom stereocenters. The average Bonchev–Trinajstić information content (AvgIpc) is 3.56. The monoisotopic (exact) mass is 843 g/mol. The van der Waals surface area contributed by atoms with Crippen molar-refractivity contribution in [2.75, 3.05) is 20.8 Å². The first kappa shape index (κ1) is 43.4. The first-order chi connectivity index (χ1) is 30.5. The number of rotatable bonds is 10. The van der Waals surface area contributed by atoms with E-state index in [4.69, 9.17) is 14.2 Å². The lowest BCUT2D eigenvalue weighted by molar-refractivity contribution is -0.0802. The predicted molar refractivity (Wildman–Crippen MR) is 249 cm³/mol. The van der Waals surface area contributed by atoms with Crippen molar-refractivity contribution in [3.05, 3.63) is 173 Å². The summed E-state index contributed by atoms with van der Waals surface area (Å²) in [5.41, 5.74) is 4.39. The van der Waals surface area contributed by atoms with Crippen LogP contribution in [0.2, 0.25) is 0 Å². The van der Waals surface area contributed by atoms with E-state index in [1.807, 2.05) is 115 Å². The molecule has 4 unspecified atom stereocenters. The van der Waals surface area contributed by atoms with Gasteiger partial charge in [0, 0.05) is 28.2 Å². The van der Waals surface area contributed by atoms with Crippen molar-refractivity contribution in [3.8, 4) is 28.4 Å². The van der Waals surface area contributed by atoms with Gasteiger partial charge in [-0.05, 0) is 121 Å². The number of aliphatic hydroxyl groups excluding tert-OH is 1. The van der Waals surface area contributed by atoms with Gasteiger partial charge in [0.2, 0.25) is 0 Å². The second kappa shape index (κ2) is 18.6. The molecule has 6 aromatic carbocycles. The molecule has 8 heteroatoms. The van der Waals surface area contributed by atoms with E-state index in [9.17, 15) is 15.0 Å². The van der Waals surface area contributed by atoms with Gasteiger partial charge >= 0.3 is 6.09 Å². The van der Waals surface area contributed by atoms with Gasteiger partial charge in [-0.2, -0.15) is 0 Å². The summed E-state index contributed by atoms with van der Waals surface area (Å²) in [5, 5.41) is 26.6. The lowest BCUT2D eigenvalue weighted by Crippen LogP contribution is -2.54. The molecule has 1 amide bonds. The Morgan fingerprint density at radius 2 is 1.51 bits per heavy atom. The second-order valence-electron chi connectivity index (χ2n) is 17.6. The number of amides is 1. The van der Waals surface area contributed by atoms with Crippen LogP contribution in [0.1, 0.15) is 90.9 Å². The van der Waals surface area contributed by atoms with E-state index >= 15 is 4.79 Å². The van der Waals surface area contributed by atoms with Crippen molar-refractivity contribution in [2.45, 2.75) is 83.0 Å². The summed E-state index contributed by atoms with van der Waals surface area (Å²) in [7, 11) is 3.18. The topological polar surface area (TPSA) is 106 Å². The molecule has 3 aliphatic rings. The fourth-order valence-corrected chi connectivity index (χ4v) is 9.98. The summed E-state index contributed by atoms with van der Waals surface area (Å²) in [6.07, 6.45) is 5.02. The molecule has 3 aliphatic carbocycles. The molecule has 0 aliphatic heterocycles. The molecule has 9 rings (SSSR count). The molecule has 0 heterocycles. The summed E-state index contributed by atoms with van der Waals surface area (Å²) in [4.78, 5) is 31.4. The van der Waals surface area contributed by atoms with Crippen LogP contribution in [0, 0.1) is 5.41 Å². The van der Waals surface area contributed by atoms with Crippen molar-refractivity contribution >= 4 is 22.6 Å². The Labute approximate surface area is 370 Å². The average molecular weight is 844 g/mol. The lowest BCUT2D eigenvalue weighted by Gasteiger charge is -2.46. The normalized spacial score (nSPS) is 21.2. The Morgan fingerprint density at radius 1 is 0.762 bits per heavy atom. The molecule has 0 radical (unpaired) electrons. The maximum atomic E-state index is 15.2. The number of ether oxygens (including phenoxy) is 3. The Morgan fingerprint density at radius 3 is 2.30 bits per heavy atom. The summed E-state index contributed by atoms with van der Waals surface area (Å²) >= 11 is 0. The first-order valence-corrected chi connectivity index (χ1v) is 22.0. The van der Waals surface area contributed by atoms with Crippen molar-refractivity contribution in [1.29, 1.82) is 0 Å². The van der Waals surface area contributed by atoms with Gasteiger partial charge in [-0.3, -0.25) is 4.79 Å². The predicted octanol–water partition coefficient (Wildman–Crippen LogP) is 11.5. The van der Waals surface area contributed by atoms with Crippen molar-refractivity contribution in [2.24, 2.45) is 5.41 Å². The van der Waals surface area contributed by atoms with Gasteiger partial charge in [-0.15, -0.1) is 0 Å². The minimum absolute atomic E-state index is 0.0330. The third-order valence-corrected chi connectivity index (χ3v) is 13.7. The van der Waals surface area contributed by atoms with Gasteiger partial charge in [0.15, 0.2) is 5.78 Å². The molecule has 1 fully saturated rings. The quantitative estimate of drug-likeness (QED) is 0.104. The van der Waals surface area contributed by atoms with Crippen LogP contribution in [0.15, 0.2) is 145 Å². The van der Waals surface area contributed by atoms with Crippen LogP contribution in [-0.4, -0.2) is 59.5 Å². The molecule has 0 aromatic heterocycles. The van der Waals surface area contributed by atoms with Gasteiger partial charge < -0.3 is 29.3 Å². The van der Waals surface area contributed by atoms with E-state index < -0.39 is 23.2 Å². The van der Waals surface area contributed by atoms with Crippen LogP contribution in [-0.2, 0) is 13.0 Å². The van der Waals surface area contributed by atoms with Crippen LogP contribution in [0.3, 0.4) is 0 Å². The van der Waals surface area contributed by atoms with Gasteiger partial charge in [0.25, 0.3) is 0 Å². The number of benzene rings is 6. The van der Waals surface area contributed by atoms with E-state index in [0.717, 1.165) is 45.0 Å². The third-order valence-electron chi connectivity index (χ3n) is 13.7. The number of allylic oxidation sites excluding steroid dienone is 2. The Bertz CT molecular complexity index is 2640. The van der Waals surface area contributed by atoms with Gasteiger partial charge in [0.05, 0.1) is 39.0 Å². The molecule has 63 heavy (non-hydrogen) atoms. The fraction of sp³-hybridized carbons (Fsp3) is 0.309. The highest BCUT2D eigenvalue weighted by Crippen LogP contribution is 2.59. The molecule has 2 N–H and O–H groups in total.